The first-order valence-electron chi connectivity index (χ1n) is 11.0. The van der Waals surface area contributed by atoms with Gasteiger partial charge in [-0.25, -0.2) is 16.8 Å². The third-order valence-electron chi connectivity index (χ3n) is 6.39. The summed E-state index contributed by atoms with van der Waals surface area (Å²) in [5.41, 5.74) is 0.139. The molecular formula is C22H24N4O6S2. The molecule has 180 valence electrons. The molecule has 12 heteroatoms. The number of hydrogen-bond donors (Lipinski definition) is 2. The fraction of sp³-hybridized carbons (Fsp3) is 0.364. The molecule has 34 heavy (non-hydrogen) atoms. The Morgan fingerprint density at radius 1 is 0.559 bits per heavy atom. The molecule has 2 saturated heterocycles. The smallest absolute Gasteiger partial charge is 0.243 e. The molecule has 2 aliphatic heterocycles. The maximum Gasteiger partial charge on any atom is 0.243 e. The van der Waals surface area contributed by atoms with Gasteiger partial charge < -0.3 is 10.6 Å². The molecule has 0 radical (unpaired) electrons. The molecule has 0 bridgehead atoms. The topological polar surface area (TPSA) is 133 Å². The van der Waals surface area contributed by atoms with E-state index in [0.717, 1.165) is 0 Å². The van der Waals surface area contributed by atoms with E-state index in [-0.39, 0.29) is 32.0 Å². The average Bonchev–Trinajstić information content (AvgIpc) is 2.87. The maximum atomic E-state index is 13.4. The first-order chi connectivity index (χ1) is 16.2. The summed E-state index contributed by atoms with van der Waals surface area (Å²) in [5, 5.41) is 6.18. The number of piperazine rings is 2. The minimum atomic E-state index is -3.84. The number of hydrogen-bond acceptors (Lipinski definition) is 8. The SMILES string of the molecule is O=C1c2ccc(S(=O)(=O)N3CCNCC3)cc2C(=O)c2cc(S(=O)(=O)N3CCNCC3)ccc21. The quantitative estimate of drug-likeness (QED) is 0.493. The molecule has 0 aromatic heterocycles. The van der Waals surface area contributed by atoms with E-state index in [0.29, 0.717) is 52.4 Å². The van der Waals surface area contributed by atoms with Gasteiger partial charge in [0.2, 0.25) is 20.0 Å². The summed E-state index contributed by atoms with van der Waals surface area (Å²) in [5.74, 6) is -1.01. The monoisotopic (exact) mass is 504 g/mol. The lowest BCUT2D eigenvalue weighted by atomic mass is 9.84. The van der Waals surface area contributed by atoms with Crippen molar-refractivity contribution in [3.63, 3.8) is 0 Å². The summed E-state index contributed by atoms with van der Waals surface area (Å²) < 4.78 is 55.0. The van der Waals surface area contributed by atoms with Crippen LogP contribution in [0.3, 0.4) is 0 Å². The van der Waals surface area contributed by atoms with Gasteiger partial charge in [-0.2, -0.15) is 8.61 Å². The van der Waals surface area contributed by atoms with Gasteiger partial charge in [0, 0.05) is 74.6 Å². The summed E-state index contributed by atoms with van der Waals surface area (Å²) in [6.45, 7) is 3.34. The van der Waals surface area contributed by atoms with Crippen molar-refractivity contribution in [1.82, 2.24) is 19.2 Å². The summed E-state index contributed by atoms with van der Waals surface area (Å²) in [4.78, 5) is 26.3. The highest BCUT2D eigenvalue weighted by Gasteiger charge is 2.35. The number of ketones is 2. The molecule has 5 rings (SSSR count). The standard InChI is InChI=1S/C22H24N4O6S2/c27-21-17-3-1-15(33(29,30)25-9-5-23-6-10-25)13-19(17)22(28)20-14-16(2-4-18(20)21)34(31,32)26-11-7-24-8-12-26/h1-4,13-14,23-24H,5-12H2. The molecule has 0 amide bonds. The van der Waals surface area contributed by atoms with E-state index in [1.54, 1.807) is 0 Å². The van der Waals surface area contributed by atoms with E-state index in [2.05, 4.69) is 10.6 Å². The van der Waals surface area contributed by atoms with Crippen molar-refractivity contribution in [3.05, 3.63) is 58.7 Å². The molecule has 3 aliphatic rings. The zero-order chi connectivity index (χ0) is 24.1. The third-order valence-corrected chi connectivity index (χ3v) is 10.2. The van der Waals surface area contributed by atoms with E-state index < -0.39 is 31.6 Å². The van der Waals surface area contributed by atoms with Gasteiger partial charge in [-0.05, 0) is 36.4 Å². The molecule has 0 atom stereocenters. The molecule has 0 spiro atoms. The number of benzene rings is 2. The first kappa shape index (κ1) is 23.3. The molecule has 0 unspecified atom stereocenters. The second-order valence-corrected chi connectivity index (χ2v) is 12.3. The van der Waals surface area contributed by atoms with Crippen molar-refractivity contribution >= 4 is 31.6 Å². The molecule has 2 N–H and O–H groups in total. The summed E-state index contributed by atoms with van der Waals surface area (Å²) in [6.07, 6.45) is 0. The van der Waals surface area contributed by atoms with Gasteiger partial charge in [0.15, 0.2) is 11.6 Å². The predicted molar refractivity (Wildman–Crippen MR) is 123 cm³/mol. The van der Waals surface area contributed by atoms with E-state index in [1.165, 1.54) is 45.0 Å². The van der Waals surface area contributed by atoms with Crippen LogP contribution >= 0.6 is 0 Å². The Hall–Kier alpha value is -2.48. The molecule has 2 aromatic rings. The lowest BCUT2D eigenvalue weighted by molar-refractivity contribution is 0.0978. The van der Waals surface area contributed by atoms with Gasteiger partial charge in [-0.3, -0.25) is 9.59 Å². The van der Waals surface area contributed by atoms with Gasteiger partial charge in [-0.1, -0.05) is 0 Å². The van der Waals surface area contributed by atoms with Crippen LogP contribution in [0.4, 0.5) is 0 Å². The fourth-order valence-electron chi connectivity index (χ4n) is 4.50. The van der Waals surface area contributed by atoms with E-state index in [9.17, 15) is 26.4 Å². The van der Waals surface area contributed by atoms with Crippen LogP contribution in [0, 0.1) is 0 Å². The Morgan fingerprint density at radius 2 is 0.912 bits per heavy atom. The van der Waals surface area contributed by atoms with Crippen molar-refractivity contribution in [2.24, 2.45) is 0 Å². The van der Waals surface area contributed by atoms with Crippen LogP contribution in [-0.4, -0.2) is 89.4 Å². The zero-order valence-corrected chi connectivity index (χ0v) is 19.9. The predicted octanol–water partition coefficient (Wildman–Crippen LogP) is -0.350. The van der Waals surface area contributed by atoms with Crippen LogP contribution in [0.25, 0.3) is 0 Å². The molecular weight excluding hydrogens is 480 g/mol. The number of nitrogens with one attached hydrogen (secondary N) is 2. The van der Waals surface area contributed by atoms with Gasteiger partial charge in [0.25, 0.3) is 0 Å². The van der Waals surface area contributed by atoms with Crippen LogP contribution in [0.2, 0.25) is 0 Å². The maximum absolute atomic E-state index is 13.4. The molecule has 2 aromatic carbocycles. The lowest BCUT2D eigenvalue weighted by Gasteiger charge is -2.28. The highest BCUT2D eigenvalue weighted by molar-refractivity contribution is 7.89. The minimum absolute atomic E-state index is 0.0366. The first-order valence-corrected chi connectivity index (χ1v) is 13.9. The van der Waals surface area contributed by atoms with Crippen molar-refractivity contribution in [2.45, 2.75) is 9.79 Å². The Morgan fingerprint density at radius 3 is 1.29 bits per heavy atom. The molecule has 0 saturated carbocycles. The van der Waals surface area contributed by atoms with Crippen LogP contribution in [-0.2, 0) is 20.0 Å². The van der Waals surface area contributed by atoms with Crippen LogP contribution in [0.1, 0.15) is 31.8 Å². The van der Waals surface area contributed by atoms with Crippen molar-refractivity contribution in [3.8, 4) is 0 Å². The zero-order valence-electron chi connectivity index (χ0n) is 18.3. The van der Waals surface area contributed by atoms with Gasteiger partial charge >= 0.3 is 0 Å². The second kappa shape index (κ2) is 8.63. The molecule has 1 aliphatic carbocycles. The number of rotatable bonds is 4. The number of carbonyl (C=O) groups is 2. The average molecular weight is 505 g/mol. The number of nitrogens with zero attached hydrogens (tertiary/aromatic N) is 2. The number of fused-ring (bicyclic) bond motifs is 2. The van der Waals surface area contributed by atoms with Gasteiger partial charge in [0.05, 0.1) is 9.79 Å². The van der Waals surface area contributed by atoms with Crippen LogP contribution in [0.5, 0.6) is 0 Å². The normalized spacial score (nSPS) is 20.1. The third kappa shape index (κ3) is 3.80. The fourth-order valence-corrected chi connectivity index (χ4v) is 7.43. The van der Waals surface area contributed by atoms with Crippen molar-refractivity contribution in [1.29, 1.82) is 0 Å². The van der Waals surface area contributed by atoms with E-state index in [1.807, 2.05) is 0 Å². The number of sulfonamides is 2. The summed E-state index contributed by atoms with van der Waals surface area (Å²) in [7, 11) is -7.68. The molecule has 10 nitrogen and oxygen atoms in total. The Balaban J connectivity index is 1.54. The highest BCUT2D eigenvalue weighted by Crippen LogP contribution is 2.32. The van der Waals surface area contributed by atoms with E-state index >= 15 is 0 Å². The van der Waals surface area contributed by atoms with Crippen LogP contribution < -0.4 is 10.6 Å². The van der Waals surface area contributed by atoms with Crippen molar-refractivity contribution < 1.29 is 26.4 Å². The lowest BCUT2D eigenvalue weighted by Crippen LogP contribution is -2.46. The van der Waals surface area contributed by atoms with Gasteiger partial charge in [-0.15, -0.1) is 0 Å². The van der Waals surface area contributed by atoms with Crippen LogP contribution in [0.15, 0.2) is 46.2 Å². The number of carbonyl (C=O) groups excluding carboxylic acids is 2. The largest absolute Gasteiger partial charge is 0.314 e. The second-order valence-electron chi connectivity index (χ2n) is 8.38. The molecule has 2 heterocycles. The minimum Gasteiger partial charge on any atom is -0.314 e. The van der Waals surface area contributed by atoms with Gasteiger partial charge in [0.1, 0.15) is 0 Å². The summed E-state index contributed by atoms with van der Waals surface area (Å²) >= 11 is 0. The Bertz CT molecular complexity index is 1290. The molecule has 2 fully saturated rings. The van der Waals surface area contributed by atoms with E-state index in [4.69, 9.17) is 0 Å². The summed E-state index contributed by atoms with van der Waals surface area (Å²) in [6, 6.07) is 7.86. The highest BCUT2D eigenvalue weighted by atomic mass is 32.2. The van der Waals surface area contributed by atoms with Crippen molar-refractivity contribution in [2.75, 3.05) is 52.4 Å². The Kier molecular flexibility index (Phi) is 5.91. The Labute approximate surface area is 198 Å².